The largest absolute Gasteiger partial charge is 0.480 e. The molecule has 0 unspecified atom stereocenters. The summed E-state index contributed by atoms with van der Waals surface area (Å²) in [6.45, 7) is -0.771. The first-order valence-corrected chi connectivity index (χ1v) is 6.47. The molecule has 0 aliphatic heterocycles. The monoisotopic (exact) mass is 294 g/mol. The molecule has 0 aromatic heterocycles. The van der Waals surface area contributed by atoms with Gasteiger partial charge in [0.05, 0.1) is 12.0 Å². The number of rotatable bonds is 6. The van der Waals surface area contributed by atoms with E-state index in [9.17, 15) is 18.8 Å². The molecule has 0 radical (unpaired) electrons. The van der Waals surface area contributed by atoms with Gasteiger partial charge in [-0.25, -0.2) is 4.39 Å². The van der Waals surface area contributed by atoms with Crippen molar-refractivity contribution in [3.05, 3.63) is 35.6 Å². The van der Waals surface area contributed by atoms with E-state index in [1.807, 2.05) is 0 Å². The van der Waals surface area contributed by atoms with E-state index < -0.39 is 23.8 Å². The highest BCUT2D eigenvalue weighted by Gasteiger charge is 2.51. The zero-order valence-electron chi connectivity index (χ0n) is 11.2. The van der Waals surface area contributed by atoms with Crippen LogP contribution in [0.15, 0.2) is 24.3 Å². The topological polar surface area (TPSA) is 95.5 Å². The van der Waals surface area contributed by atoms with Gasteiger partial charge in [0.2, 0.25) is 11.8 Å². The molecule has 21 heavy (non-hydrogen) atoms. The molecule has 0 spiro atoms. The minimum absolute atomic E-state index is 0.283. The third kappa shape index (κ3) is 3.56. The van der Waals surface area contributed by atoms with Crippen LogP contribution in [0.1, 0.15) is 18.4 Å². The van der Waals surface area contributed by atoms with Crippen molar-refractivity contribution < 1.29 is 23.9 Å². The molecule has 0 saturated heterocycles. The molecule has 1 aromatic rings. The van der Waals surface area contributed by atoms with E-state index >= 15 is 0 Å². The fourth-order valence-corrected chi connectivity index (χ4v) is 2.11. The van der Waals surface area contributed by atoms with E-state index in [1.165, 1.54) is 12.1 Å². The number of hydrogen-bond acceptors (Lipinski definition) is 3. The average molecular weight is 294 g/mol. The standard InChI is InChI=1S/C14H15FN2O4/c15-10-3-1-9(2-4-10)14(5-6-14)13(21)17-7-11(18)16-8-12(19)20/h1-4H,5-8H2,(H,16,18)(H,17,21)(H,19,20). The van der Waals surface area contributed by atoms with Gasteiger partial charge in [-0.3, -0.25) is 14.4 Å². The number of carboxylic acid groups (broad SMARTS) is 1. The third-order valence-corrected chi connectivity index (χ3v) is 3.43. The smallest absolute Gasteiger partial charge is 0.322 e. The number of aliphatic carboxylic acids is 1. The normalized spacial score (nSPS) is 15.1. The molecule has 1 aromatic carbocycles. The van der Waals surface area contributed by atoms with Gasteiger partial charge in [-0.05, 0) is 30.5 Å². The predicted molar refractivity (Wildman–Crippen MR) is 71.0 cm³/mol. The van der Waals surface area contributed by atoms with Crippen LogP contribution in [0.5, 0.6) is 0 Å². The van der Waals surface area contributed by atoms with Crippen molar-refractivity contribution in [2.45, 2.75) is 18.3 Å². The molecule has 112 valence electrons. The summed E-state index contributed by atoms with van der Waals surface area (Å²) in [7, 11) is 0. The zero-order chi connectivity index (χ0) is 15.5. The van der Waals surface area contributed by atoms with Gasteiger partial charge < -0.3 is 15.7 Å². The van der Waals surface area contributed by atoms with E-state index in [1.54, 1.807) is 12.1 Å². The zero-order valence-corrected chi connectivity index (χ0v) is 11.2. The summed E-state index contributed by atoms with van der Waals surface area (Å²) in [6.07, 6.45) is 1.28. The predicted octanol–water partition coefficient (Wildman–Crippen LogP) is 0.174. The van der Waals surface area contributed by atoms with Gasteiger partial charge in [0.1, 0.15) is 12.4 Å². The quantitative estimate of drug-likeness (QED) is 0.697. The number of halogens is 1. The number of nitrogens with one attached hydrogen (secondary N) is 2. The van der Waals surface area contributed by atoms with Crippen molar-refractivity contribution >= 4 is 17.8 Å². The summed E-state index contributed by atoms with van der Waals surface area (Å²) in [5.41, 5.74) is 0.0215. The van der Waals surface area contributed by atoms with Crippen molar-refractivity contribution in [3.63, 3.8) is 0 Å². The molecule has 7 heteroatoms. The van der Waals surface area contributed by atoms with Gasteiger partial charge in [-0.2, -0.15) is 0 Å². The van der Waals surface area contributed by atoms with E-state index in [0.717, 1.165) is 0 Å². The third-order valence-electron chi connectivity index (χ3n) is 3.43. The second kappa shape index (κ2) is 5.90. The first kappa shape index (κ1) is 15.0. The SMILES string of the molecule is O=C(O)CNC(=O)CNC(=O)C1(c2ccc(F)cc2)CC1. The first-order valence-electron chi connectivity index (χ1n) is 6.47. The number of carboxylic acids is 1. The Morgan fingerprint density at radius 3 is 2.24 bits per heavy atom. The van der Waals surface area contributed by atoms with Gasteiger partial charge in [-0.15, -0.1) is 0 Å². The molecule has 1 aliphatic carbocycles. The van der Waals surface area contributed by atoms with Crippen LogP contribution in [-0.4, -0.2) is 36.0 Å². The lowest BCUT2D eigenvalue weighted by Gasteiger charge is -2.15. The van der Waals surface area contributed by atoms with E-state index in [4.69, 9.17) is 5.11 Å². The van der Waals surface area contributed by atoms with Crippen LogP contribution >= 0.6 is 0 Å². The van der Waals surface area contributed by atoms with Gasteiger partial charge in [0, 0.05) is 0 Å². The maximum atomic E-state index is 12.9. The van der Waals surface area contributed by atoms with Crippen LogP contribution in [0, 0.1) is 5.82 Å². The highest BCUT2D eigenvalue weighted by Crippen LogP contribution is 2.48. The van der Waals surface area contributed by atoms with Gasteiger partial charge >= 0.3 is 5.97 Å². The van der Waals surface area contributed by atoms with E-state index in [2.05, 4.69) is 10.6 Å². The Bertz CT molecular complexity index is 567. The fraction of sp³-hybridized carbons (Fsp3) is 0.357. The van der Waals surface area contributed by atoms with Crippen molar-refractivity contribution in [2.75, 3.05) is 13.1 Å². The molecule has 2 rings (SSSR count). The number of hydrogen-bond donors (Lipinski definition) is 3. The van der Waals surface area contributed by atoms with Crippen molar-refractivity contribution in [2.24, 2.45) is 0 Å². The Kier molecular flexibility index (Phi) is 4.21. The lowest BCUT2D eigenvalue weighted by atomic mass is 9.95. The first-order chi connectivity index (χ1) is 9.94. The Balaban J connectivity index is 1.90. The maximum Gasteiger partial charge on any atom is 0.322 e. The number of carbonyl (C=O) groups excluding carboxylic acids is 2. The maximum absolute atomic E-state index is 12.9. The molecule has 3 N–H and O–H groups in total. The molecule has 0 atom stereocenters. The summed E-state index contributed by atoms with van der Waals surface area (Å²) in [5.74, 6) is -2.40. The molecular formula is C14H15FN2O4. The molecule has 0 bridgehead atoms. The van der Waals surface area contributed by atoms with Crippen LogP contribution < -0.4 is 10.6 Å². The van der Waals surface area contributed by atoms with Crippen molar-refractivity contribution in [3.8, 4) is 0 Å². The molecule has 6 nitrogen and oxygen atoms in total. The van der Waals surface area contributed by atoms with Crippen LogP contribution in [0.2, 0.25) is 0 Å². The van der Waals surface area contributed by atoms with E-state index in [-0.39, 0.29) is 18.3 Å². The summed E-state index contributed by atoms with van der Waals surface area (Å²) >= 11 is 0. The van der Waals surface area contributed by atoms with Gasteiger partial charge in [0.15, 0.2) is 0 Å². The van der Waals surface area contributed by atoms with Crippen molar-refractivity contribution in [1.82, 2.24) is 10.6 Å². The lowest BCUT2D eigenvalue weighted by Crippen LogP contribution is -2.42. The number of benzene rings is 1. The second-order valence-corrected chi connectivity index (χ2v) is 4.94. The molecule has 1 saturated carbocycles. The van der Waals surface area contributed by atoms with E-state index in [0.29, 0.717) is 18.4 Å². The van der Waals surface area contributed by atoms with Crippen LogP contribution in [0.25, 0.3) is 0 Å². The number of amides is 2. The summed E-state index contributed by atoms with van der Waals surface area (Å²) in [4.78, 5) is 33.8. The molecule has 2 amide bonds. The average Bonchev–Trinajstić information content (AvgIpc) is 3.25. The lowest BCUT2D eigenvalue weighted by molar-refractivity contribution is -0.137. The highest BCUT2D eigenvalue weighted by atomic mass is 19.1. The Labute approximate surface area is 120 Å². The summed E-state index contributed by atoms with van der Waals surface area (Å²) < 4.78 is 12.9. The van der Waals surface area contributed by atoms with Crippen molar-refractivity contribution in [1.29, 1.82) is 0 Å². The summed E-state index contributed by atoms with van der Waals surface area (Å²) in [5, 5.41) is 13.1. The fourth-order valence-electron chi connectivity index (χ4n) is 2.11. The molecule has 1 fully saturated rings. The minimum Gasteiger partial charge on any atom is -0.480 e. The number of carbonyl (C=O) groups is 3. The van der Waals surface area contributed by atoms with Crippen LogP contribution in [0.4, 0.5) is 4.39 Å². The Morgan fingerprint density at radius 2 is 1.71 bits per heavy atom. The molecule has 1 aliphatic rings. The minimum atomic E-state index is -1.15. The Hall–Kier alpha value is -2.44. The second-order valence-electron chi connectivity index (χ2n) is 4.94. The molecule has 0 heterocycles. The van der Waals surface area contributed by atoms with Gasteiger partial charge in [0.25, 0.3) is 0 Å². The molecular weight excluding hydrogens is 279 g/mol. The Morgan fingerprint density at radius 1 is 1.10 bits per heavy atom. The highest BCUT2D eigenvalue weighted by molar-refractivity contribution is 5.94. The summed E-state index contributed by atoms with van der Waals surface area (Å²) in [6, 6.07) is 5.71. The van der Waals surface area contributed by atoms with Crippen LogP contribution in [0.3, 0.4) is 0 Å². The van der Waals surface area contributed by atoms with Crippen LogP contribution in [-0.2, 0) is 19.8 Å². The van der Waals surface area contributed by atoms with Gasteiger partial charge in [-0.1, -0.05) is 12.1 Å².